The molecule has 0 aliphatic carbocycles. The molecule has 1 aromatic rings. The first-order valence-electron chi connectivity index (χ1n) is 4.12. The summed E-state index contributed by atoms with van der Waals surface area (Å²) in [5.74, 6) is 0.926. The predicted molar refractivity (Wildman–Crippen MR) is 47.8 cm³/mol. The lowest BCUT2D eigenvalue weighted by Gasteiger charge is -2.08. The molecule has 0 radical (unpaired) electrons. The molecule has 1 heterocycles. The minimum absolute atomic E-state index is 0.144. The SMILES string of the molecule is CCn1nncc1NCC(C)N. The van der Waals surface area contributed by atoms with Crippen molar-refractivity contribution in [3.63, 3.8) is 0 Å². The number of aromatic nitrogens is 3. The summed E-state index contributed by atoms with van der Waals surface area (Å²) >= 11 is 0. The van der Waals surface area contributed by atoms with E-state index in [9.17, 15) is 0 Å². The highest BCUT2D eigenvalue weighted by molar-refractivity contribution is 5.30. The molecule has 5 nitrogen and oxygen atoms in total. The number of hydrogen-bond acceptors (Lipinski definition) is 4. The molecule has 1 atom stereocenters. The van der Waals surface area contributed by atoms with Gasteiger partial charge in [-0.25, -0.2) is 4.68 Å². The van der Waals surface area contributed by atoms with Gasteiger partial charge in [0.2, 0.25) is 0 Å². The summed E-state index contributed by atoms with van der Waals surface area (Å²) in [6.45, 7) is 5.54. The van der Waals surface area contributed by atoms with E-state index >= 15 is 0 Å². The van der Waals surface area contributed by atoms with Gasteiger partial charge in [-0.1, -0.05) is 5.21 Å². The molecule has 0 aromatic carbocycles. The minimum atomic E-state index is 0.144. The summed E-state index contributed by atoms with van der Waals surface area (Å²) in [7, 11) is 0. The summed E-state index contributed by atoms with van der Waals surface area (Å²) in [6.07, 6.45) is 1.70. The fraction of sp³-hybridized carbons (Fsp3) is 0.714. The van der Waals surface area contributed by atoms with Gasteiger partial charge in [-0.2, -0.15) is 0 Å². The molecule has 12 heavy (non-hydrogen) atoms. The largest absolute Gasteiger partial charge is 0.367 e. The molecule has 1 rings (SSSR count). The lowest BCUT2D eigenvalue weighted by molar-refractivity contribution is 0.628. The number of nitrogens with one attached hydrogen (secondary N) is 1. The van der Waals surface area contributed by atoms with E-state index in [1.54, 1.807) is 10.9 Å². The zero-order valence-corrected chi connectivity index (χ0v) is 7.49. The van der Waals surface area contributed by atoms with Crippen LogP contribution in [-0.4, -0.2) is 27.6 Å². The van der Waals surface area contributed by atoms with E-state index in [-0.39, 0.29) is 6.04 Å². The fourth-order valence-corrected chi connectivity index (χ4v) is 0.894. The highest BCUT2D eigenvalue weighted by Gasteiger charge is 2.00. The molecule has 1 aromatic heterocycles. The number of aryl methyl sites for hydroxylation is 1. The Balaban J connectivity index is 2.50. The van der Waals surface area contributed by atoms with Crippen molar-refractivity contribution < 1.29 is 0 Å². The van der Waals surface area contributed by atoms with Crippen LogP contribution in [0.1, 0.15) is 13.8 Å². The van der Waals surface area contributed by atoms with Crippen LogP contribution >= 0.6 is 0 Å². The first-order chi connectivity index (χ1) is 5.74. The second-order valence-electron chi connectivity index (χ2n) is 2.79. The van der Waals surface area contributed by atoms with E-state index in [0.717, 1.165) is 18.9 Å². The molecular formula is C7H15N5. The third-order valence-corrected chi connectivity index (χ3v) is 1.52. The molecule has 0 amide bonds. The van der Waals surface area contributed by atoms with Gasteiger partial charge < -0.3 is 11.1 Å². The Bertz CT molecular complexity index is 229. The molecule has 5 heteroatoms. The lowest BCUT2D eigenvalue weighted by Crippen LogP contribution is -2.26. The van der Waals surface area contributed by atoms with Crippen LogP contribution in [0.15, 0.2) is 6.20 Å². The van der Waals surface area contributed by atoms with Gasteiger partial charge in [0.1, 0.15) is 5.82 Å². The predicted octanol–water partition coefficient (Wildman–Crippen LogP) is 0.0571. The van der Waals surface area contributed by atoms with Crippen molar-refractivity contribution in [2.75, 3.05) is 11.9 Å². The van der Waals surface area contributed by atoms with Crippen molar-refractivity contribution in [2.24, 2.45) is 5.73 Å². The molecule has 0 saturated carbocycles. The molecule has 0 aliphatic heterocycles. The summed E-state index contributed by atoms with van der Waals surface area (Å²) in [5.41, 5.74) is 5.59. The van der Waals surface area contributed by atoms with Crippen molar-refractivity contribution in [1.82, 2.24) is 15.0 Å². The number of nitrogens with two attached hydrogens (primary N) is 1. The molecule has 1 unspecified atom stereocenters. The molecule has 0 aliphatic rings. The van der Waals surface area contributed by atoms with Crippen molar-refractivity contribution >= 4 is 5.82 Å². The van der Waals surface area contributed by atoms with Crippen molar-refractivity contribution in [1.29, 1.82) is 0 Å². The Morgan fingerprint density at radius 2 is 2.50 bits per heavy atom. The van der Waals surface area contributed by atoms with Gasteiger partial charge in [-0.3, -0.25) is 0 Å². The van der Waals surface area contributed by atoms with Crippen LogP contribution in [-0.2, 0) is 6.54 Å². The summed E-state index contributed by atoms with van der Waals surface area (Å²) in [6, 6.07) is 0.144. The molecule has 68 valence electrons. The second kappa shape index (κ2) is 4.06. The zero-order valence-electron chi connectivity index (χ0n) is 7.49. The van der Waals surface area contributed by atoms with Crippen LogP contribution in [0.2, 0.25) is 0 Å². The first-order valence-corrected chi connectivity index (χ1v) is 4.12. The van der Waals surface area contributed by atoms with Crippen LogP contribution < -0.4 is 11.1 Å². The topological polar surface area (TPSA) is 68.8 Å². The first kappa shape index (κ1) is 8.99. The molecular weight excluding hydrogens is 154 g/mol. The molecule has 0 saturated heterocycles. The zero-order chi connectivity index (χ0) is 8.97. The van der Waals surface area contributed by atoms with Gasteiger partial charge in [0.15, 0.2) is 0 Å². The van der Waals surface area contributed by atoms with E-state index < -0.39 is 0 Å². The number of hydrogen-bond donors (Lipinski definition) is 2. The van der Waals surface area contributed by atoms with Crippen molar-refractivity contribution in [2.45, 2.75) is 26.4 Å². The van der Waals surface area contributed by atoms with Crippen LogP contribution in [0.25, 0.3) is 0 Å². The Kier molecular flexibility index (Phi) is 3.04. The molecule has 0 spiro atoms. The molecule has 0 bridgehead atoms. The summed E-state index contributed by atoms with van der Waals surface area (Å²) < 4.78 is 1.79. The number of anilines is 1. The van der Waals surface area contributed by atoms with Gasteiger partial charge in [0, 0.05) is 19.1 Å². The summed E-state index contributed by atoms with van der Waals surface area (Å²) in [4.78, 5) is 0. The van der Waals surface area contributed by atoms with Crippen molar-refractivity contribution in [3.8, 4) is 0 Å². The lowest BCUT2D eigenvalue weighted by atomic mass is 10.4. The third-order valence-electron chi connectivity index (χ3n) is 1.52. The molecule has 0 fully saturated rings. The maximum Gasteiger partial charge on any atom is 0.144 e. The van der Waals surface area contributed by atoms with Crippen LogP contribution in [0.5, 0.6) is 0 Å². The van der Waals surface area contributed by atoms with Gasteiger partial charge >= 0.3 is 0 Å². The second-order valence-corrected chi connectivity index (χ2v) is 2.79. The Morgan fingerprint density at radius 3 is 3.08 bits per heavy atom. The average molecular weight is 169 g/mol. The van der Waals surface area contributed by atoms with Gasteiger partial charge in [0.05, 0.1) is 6.20 Å². The fourth-order valence-electron chi connectivity index (χ4n) is 0.894. The molecule has 3 N–H and O–H groups in total. The van der Waals surface area contributed by atoms with Gasteiger partial charge in [-0.05, 0) is 13.8 Å². The van der Waals surface area contributed by atoms with Gasteiger partial charge in [-0.15, -0.1) is 5.10 Å². The third kappa shape index (κ3) is 2.20. The Morgan fingerprint density at radius 1 is 1.75 bits per heavy atom. The maximum absolute atomic E-state index is 5.59. The van der Waals surface area contributed by atoms with Crippen LogP contribution in [0.4, 0.5) is 5.82 Å². The monoisotopic (exact) mass is 169 g/mol. The van der Waals surface area contributed by atoms with E-state index in [1.165, 1.54) is 0 Å². The quantitative estimate of drug-likeness (QED) is 0.668. The van der Waals surface area contributed by atoms with Crippen LogP contribution in [0, 0.1) is 0 Å². The highest BCUT2D eigenvalue weighted by Crippen LogP contribution is 2.02. The highest BCUT2D eigenvalue weighted by atomic mass is 15.4. The number of nitrogens with zero attached hydrogens (tertiary/aromatic N) is 3. The summed E-state index contributed by atoms with van der Waals surface area (Å²) in [5, 5.41) is 10.8. The van der Waals surface area contributed by atoms with E-state index in [2.05, 4.69) is 15.6 Å². The van der Waals surface area contributed by atoms with Crippen molar-refractivity contribution in [3.05, 3.63) is 6.20 Å². The smallest absolute Gasteiger partial charge is 0.144 e. The van der Waals surface area contributed by atoms with Gasteiger partial charge in [0.25, 0.3) is 0 Å². The maximum atomic E-state index is 5.59. The standard InChI is InChI=1S/C7H15N5/c1-3-12-7(5-10-11-12)9-4-6(2)8/h5-6,9H,3-4,8H2,1-2H3. The van der Waals surface area contributed by atoms with Crippen LogP contribution in [0.3, 0.4) is 0 Å². The van der Waals surface area contributed by atoms with E-state index in [0.29, 0.717) is 0 Å². The Labute approximate surface area is 71.9 Å². The van der Waals surface area contributed by atoms with E-state index in [4.69, 9.17) is 5.73 Å². The Hall–Kier alpha value is -1.10. The normalized spacial score (nSPS) is 12.9. The average Bonchev–Trinajstić information content (AvgIpc) is 2.47. The van der Waals surface area contributed by atoms with E-state index in [1.807, 2.05) is 13.8 Å². The minimum Gasteiger partial charge on any atom is -0.367 e. The number of rotatable bonds is 4.